The Labute approximate surface area is 88.5 Å². The summed E-state index contributed by atoms with van der Waals surface area (Å²) in [5.41, 5.74) is 1.74. The van der Waals surface area contributed by atoms with Crippen LogP contribution in [0.4, 0.5) is 0 Å². The van der Waals surface area contributed by atoms with Crippen LogP contribution in [0.2, 0.25) is 0 Å². The first-order valence-electron chi connectivity index (χ1n) is 6.83. The van der Waals surface area contributed by atoms with Crippen molar-refractivity contribution in [3.63, 3.8) is 0 Å². The van der Waals surface area contributed by atoms with Crippen molar-refractivity contribution in [3.8, 4) is 0 Å². The Hall–Kier alpha value is 0. The Bertz CT molecular complexity index is 172. The van der Waals surface area contributed by atoms with Crippen LogP contribution in [0.3, 0.4) is 0 Å². The maximum Gasteiger partial charge on any atom is -0.0287 e. The summed E-state index contributed by atoms with van der Waals surface area (Å²) in [4.78, 5) is 0. The second kappa shape index (κ2) is 3.25. The van der Waals surface area contributed by atoms with Crippen molar-refractivity contribution in [2.45, 2.75) is 77.0 Å². The van der Waals surface area contributed by atoms with Crippen molar-refractivity contribution in [3.05, 3.63) is 0 Å². The molecule has 0 unspecified atom stereocenters. The molecule has 3 fully saturated rings. The summed E-state index contributed by atoms with van der Waals surface area (Å²) in [5, 5.41) is 0. The van der Waals surface area contributed by atoms with Crippen molar-refractivity contribution in [2.24, 2.45) is 10.8 Å². The van der Waals surface area contributed by atoms with Crippen LogP contribution in [0.25, 0.3) is 0 Å². The van der Waals surface area contributed by atoms with Crippen molar-refractivity contribution in [2.75, 3.05) is 0 Å². The second-order valence-corrected chi connectivity index (χ2v) is 6.47. The maximum absolute atomic E-state index is 1.62. The lowest BCUT2D eigenvalue weighted by atomic mass is 9.45. The summed E-state index contributed by atoms with van der Waals surface area (Å²) in [5.74, 6) is 0. The zero-order valence-corrected chi connectivity index (χ0v) is 9.49. The van der Waals surface area contributed by atoms with Crippen LogP contribution in [-0.2, 0) is 0 Å². The van der Waals surface area contributed by atoms with Gasteiger partial charge in [0.15, 0.2) is 0 Å². The number of rotatable bonds is 0. The van der Waals surface area contributed by atoms with Gasteiger partial charge in [0, 0.05) is 0 Å². The third-order valence-corrected chi connectivity index (χ3v) is 5.33. The molecule has 0 N–H and O–H groups in total. The van der Waals surface area contributed by atoms with Gasteiger partial charge in [0.25, 0.3) is 0 Å². The molecule has 3 aliphatic rings. The quantitative estimate of drug-likeness (QED) is 0.522. The van der Waals surface area contributed by atoms with Crippen molar-refractivity contribution < 1.29 is 0 Å². The van der Waals surface area contributed by atoms with Gasteiger partial charge >= 0.3 is 0 Å². The normalized spacial score (nSPS) is 34.3. The summed E-state index contributed by atoms with van der Waals surface area (Å²) < 4.78 is 0. The summed E-state index contributed by atoms with van der Waals surface area (Å²) in [7, 11) is 0. The second-order valence-electron chi connectivity index (χ2n) is 6.47. The molecule has 3 saturated carbocycles. The minimum absolute atomic E-state index is 0.871. The lowest BCUT2D eigenvalue weighted by Gasteiger charge is -2.60. The summed E-state index contributed by atoms with van der Waals surface area (Å²) in [6.07, 6.45) is 18.8. The van der Waals surface area contributed by atoms with Gasteiger partial charge in [0.2, 0.25) is 0 Å². The van der Waals surface area contributed by atoms with Crippen LogP contribution >= 0.6 is 0 Å². The molecule has 0 nitrogen and oxygen atoms in total. The number of hydrogen-bond acceptors (Lipinski definition) is 0. The van der Waals surface area contributed by atoms with E-state index >= 15 is 0 Å². The van der Waals surface area contributed by atoms with E-state index in [1.807, 2.05) is 0 Å². The van der Waals surface area contributed by atoms with E-state index < -0.39 is 0 Å². The Kier molecular flexibility index (Phi) is 2.15. The van der Waals surface area contributed by atoms with Crippen LogP contribution in [0.15, 0.2) is 0 Å². The molecular weight excluding hydrogens is 168 g/mol. The van der Waals surface area contributed by atoms with Gasteiger partial charge in [0.05, 0.1) is 0 Å². The molecule has 0 amide bonds. The van der Waals surface area contributed by atoms with E-state index in [0.29, 0.717) is 0 Å². The molecule has 0 atom stereocenters. The fourth-order valence-electron chi connectivity index (χ4n) is 4.85. The fourth-order valence-corrected chi connectivity index (χ4v) is 4.85. The molecule has 2 spiro atoms. The Balaban J connectivity index is 1.62. The fraction of sp³-hybridized carbons (Fsp3) is 1.00. The molecule has 0 bridgehead atoms. The van der Waals surface area contributed by atoms with Gasteiger partial charge in [-0.1, -0.05) is 38.5 Å². The molecule has 0 aromatic heterocycles. The van der Waals surface area contributed by atoms with Crippen molar-refractivity contribution in [1.29, 1.82) is 0 Å². The lowest BCUT2D eigenvalue weighted by molar-refractivity contribution is -0.0874. The molecule has 0 aromatic carbocycles. The van der Waals surface area contributed by atoms with E-state index in [4.69, 9.17) is 0 Å². The van der Waals surface area contributed by atoms with Crippen molar-refractivity contribution >= 4 is 0 Å². The minimum Gasteiger partial charge on any atom is -0.0533 e. The summed E-state index contributed by atoms with van der Waals surface area (Å²) >= 11 is 0. The van der Waals surface area contributed by atoms with Gasteiger partial charge in [-0.3, -0.25) is 0 Å². The van der Waals surface area contributed by atoms with Crippen LogP contribution in [0, 0.1) is 10.8 Å². The third kappa shape index (κ3) is 1.42. The van der Waals surface area contributed by atoms with Crippen LogP contribution in [-0.4, -0.2) is 0 Å². The van der Waals surface area contributed by atoms with Crippen LogP contribution in [0.5, 0.6) is 0 Å². The van der Waals surface area contributed by atoms with E-state index in [1.165, 1.54) is 38.5 Å². The maximum atomic E-state index is 1.62. The molecule has 0 aliphatic heterocycles. The highest BCUT2D eigenvalue weighted by Crippen LogP contribution is 2.65. The molecule has 80 valence electrons. The predicted octanol–water partition coefficient (Wildman–Crippen LogP) is 4.68. The highest BCUT2D eigenvalue weighted by molar-refractivity contribution is 5.04. The van der Waals surface area contributed by atoms with Crippen LogP contribution in [0.1, 0.15) is 77.0 Å². The molecule has 0 heteroatoms. The minimum atomic E-state index is 0.871. The molecule has 0 saturated heterocycles. The van der Waals surface area contributed by atoms with Gasteiger partial charge in [-0.25, -0.2) is 0 Å². The Morgan fingerprint density at radius 2 is 0.786 bits per heavy atom. The predicted molar refractivity (Wildman–Crippen MR) is 60.3 cm³/mol. The average molecular weight is 192 g/mol. The highest BCUT2D eigenvalue weighted by atomic mass is 14.6. The average Bonchev–Trinajstić information content (AvgIpc) is 2.18. The molecule has 3 aliphatic carbocycles. The van der Waals surface area contributed by atoms with Gasteiger partial charge in [-0.15, -0.1) is 0 Å². The van der Waals surface area contributed by atoms with Gasteiger partial charge in [-0.05, 0) is 49.4 Å². The Morgan fingerprint density at radius 1 is 0.429 bits per heavy atom. The first kappa shape index (κ1) is 9.24. The molecular formula is C14H24. The first-order chi connectivity index (χ1) is 6.83. The summed E-state index contributed by atoms with van der Waals surface area (Å²) in [6.45, 7) is 0. The topological polar surface area (TPSA) is 0 Å². The SMILES string of the molecule is C1CCC2(CC1)CC1(CCCCC1)C2. The van der Waals surface area contributed by atoms with Crippen molar-refractivity contribution in [1.82, 2.24) is 0 Å². The van der Waals surface area contributed by atoms with E-state index in [0.717, 1.165) is 10.8 Å². The Morgan fingerprint density at radius 3 is 1.14 bits per heavy atom. The van der Waals surface area contributed by atoms with Gasteiger partial charge < -0.3 is 0 Å². The van der Waals surface area contributed by atoms with E-state index in [9.17, 15) is 0 Å². The number of hydrogen-bond donors (Lipinski definition) is 0. The third-order valence-electron chi connectivity index (χ3n) is 5.33. The first-order valence-corrected chi connectivity index (χ1v) is 6.83. The van der Waals surface area contributed by atoms with E-state index in [2.05, 4.69) is 0 Å². The molecule has 3 rings (SSSR count). The molecule has 14 heavy (non-hydrogen) atoms. The monoisotopic (exact) mass is 192 g/mol. The standard InChI is InChI=1S/C14H24/c1-3-7-13(8-4-1)11-14(12-13)9-5-2-6-10-14/h1-12H2. The van der Waals surface area contributed by atoms with Crippen LogP contribution < -0.4 is 0 Å². The molecule has 0 aromatic rings. The molecule has 0 heterocycles. The van der Waals surface area contributed by atoms with Gasteiger partial charge in [0.1, 0.15) is 0 Å². The summed E-state index contributed by atoms with van der Waals surface area (Å²) in [6, 6.07) is 0. The lowest BCUT2D eigenvalue weighted by Crippen LogP contribution is -2.48. The van der Waals surface area contributed by atoms with E-state index in [1.54, 1.807) is 38.5 Å². The largest absolute Gasteiger partial charge is 0.0533 e. The van der Waals surface area contributed by atoms with Gasteiger partial charge in [-0.2, -0.15) is 0 Å². The zero-order chi connectivity index (χ0) is 9.49. The zero-order valence-electron chi connectivity index (χ0n) is 9.49. The van der Waals surface area contributed by atoms with E-state index in [-0.39, 0.29) is 0 Å². The smallest absolute Gasteiger partial charge is 0.0287 e. The molecule has 0 radical (unpaired) electrons. The highest BCUT2D eigenvalue weighted by Gasteiger charge is 2.53.